The van der Waals surface area contributed by atoms with Crippen molar-refractivity contribution in [2.75, 3.05) is 7.11 Å². The van der Waals surface area contributed by atoms with Crippen LogP contribution in [0.15, 0.2) is 42.5 Å². The lowest BCUT2D eigenvalue weighted by atomic mass is 10.0. The summed E-state index contributed by atoms with van der Waals surface area (Å²) >= 11 is 6.20. The zero-order valence-electron chi connectivity index (χ0n) is 12.3. The van der Waals surface area contributed by atoms with Crippen molar-refractivity contribution < 1.29 is 4.74 Å². The van der Waals surface area contributed by atoms with Gasteiger partial charge in [0.1, 0.15) is 5.75 Å². The number of hydrogen-bond donors (Lipinski definition) is 0. The standard InChI is InChI=1S/C18H16ClNO/c1-11-6-4-5-7-14(11)17-8-13-9-18(21-3)16(19)10-15(13)12(2)20-17/h4-10H,1-3H3. The molecule has 0 aliphatic carbocycles. The molecule has 3 rings (SSSR count). The second kappa shape index (κ2) is 5.38. The molecule has 2 nitrogen and oxygen atoms in total. The van der Waals surface area contributed by atoms with Gasteiger partial charge in [-0.2, -0.15) is 0 Å². The summed E-state index contributed by atoms with van der Waals surface area (Å²) in [6, 6.07) is 14.2. The number of hydrogen-bond acceptors (Lipinski definition) is 2. The molecule has 0 saturated carbocycles. The van der Waals surface area contributed by atoms with Crippen LogP contribution in [-0.2, 0) is 0 Å². The van der Waals surface area contributed by atoms with Gasteiger partial charge in [0.15, 0.2) is 0 Å². The third-order valence-corrected chi connectivity index (χ3v) is 4.01. The van der Waals surface area contributed by atoms with E-state index in [0.717, 1.165) is 27.7 Å². The zero-order valence-corrected chi connectivity index (χ0v) is 13.0. The highest BCUT2D eigenvalue weighted by Gasteiger charge is 2.10. The Labute approximate surface area is 129 Å². The van der Waals surface area contributed by atoms with Crippen molar-refractivity contribution in [3.8, 4) is 17.0 Å². The van der Waals surface area contributed by atoms with Gasteiger partial charge in [-0.25, -0.2) is 0 Å². The Hall–Kier alpha value is -2.06. The van der Waals surface area contributed by atoms with Crippen molar-refractivity contribution in [1.29, 1.82) is 0 Å². The van der Waals surface area contributed by atoms with E-state index in [-0.39, 0.29) is 0 Å². The van der Waals surface area contributed by atoms with Gasteiger partial charge in [-0.15, -0.1) is 0 Å². The van der Waals surface area contributed by atoms with Crippen LogP contribution < -0.4 is 4.74 Å². The Morgan fingerprint density at radius 1 is 1.05 bits per heavy atom. The highest BCUT2D eigenvalue weighted by atomic mass is 35.5. The maximum Gasteiger partial charge on any atom is 0.138 e. The SMILES string of the molecule is COc1cc2cc(-c3ccccc3C)nc(C)c2cc1Cl. The molecule has 21 heavy (non-hydrogen) atoms. The Morgan fingerprint density at radius 2 is 1.81 bits per heavy atom. The van der Waals surface area contributed by atoms with Crippen molar-refractivity contribution in [2.45, 2.75) is 13.8 Å². The monoisotopic (exact) mass is 297 g/mol. The molecular formula is C18H16ClNO. The Kier molecular flexibility index (Phi) is 3.56. The summed E-state index contributed by atoms with van der Waals surface area (Å²) in [4.78, 5) is 4.73. The van der Waals surface area contributed by atoms with Crippen molar-refractivity contribution >= 4 is 22.4 Å². The lowest BCUT2D eigenvalue weighted by Crippen LogP contribution is -1.93. The van der Waals surface area contributed by atoms with Gasteiger partial charge in [-0.05, 0) is 43.0 Å². The van der Waals surface area contributed by atoms with Gasteiger partial charge >= 0.3 is 0 Å². The summed E-state index contributed by atoms with van der Waals surface area (Å²) in [5, 5.41) is 2.75. The van der Waals surface area contributed by atoms with Crippen molar-refractivity contribution in [3.63, 3.8) is 0 Å². The maximum atomic E-state index is 6.20. The van der Waals surface area contributed by atoms with Gasteiger partial charge in [-0.1, -0.05) is 35.9 Å². The molecule has 0 saturated heterocycles. The van der Waals surface area contributed by atoms with Gasteiger partial charge in [0, 0.05) is 16.6 Å². The number of ether oxygens (including phenoxy) is 1. The highest BCUT2D eigenvalue weighted by molar-refractivity contribution is 6.33. The van der Waals surface area contributed by atoms with Crippen molar-refractivity contribution in [2.24, 2.45) is 0 Å². The normalized spacial score (nSPS) is 10.9. The van der Waals surface area contributed by atoms with Crippen molar-refractivity contribution in [3.05, 3.63) is 58.7 Å². The number of halogens is 1. The van der Waals surface area contributed by atoms with Crippen LogP contribution in [0, 0.1) is 13.8 Å². The van der Waals surface area contributed by atoms with Crippen LogP contribution in [0.1, 0.15) is 11.3 Å². The zero-order chi connectivity index (χ0) is 15.0. The summed E-state index contributed by atoms with van der Waals surface area (Å²) < 4.78 is 5.31. The number of rotatable bonds is 2. The summed E-state index contributed by atoms with van der Waals surface area (Å²) in [5.41, 5.74) is 4.30. The molecule has 0 N–H and O–H groups in total. The predicted octanol–water partition coefficient (Wildman–Crippen LogP) is 5.18. The molecule has 0 aliphatic heterocycles. The molecule has 1 heterocycles. The molecule has 0 spiro atoms. The van der Waals surface area contributed by atoms with E-state index < -0.39 is 0 Å². The van der Waals surface area contributed by atoms with Gasteiger partial charge in [0.25, 0.3) is 0 Å². The minimum atomic E-state index is 0.610. The third-order valence-electron chi connectivity index (χ3n) is 3.72. The van der Waals surface area contributed by atoms with Gasteiger partial charge in [-0.3, -0.25) is 4.98 Å². The minimum absolute atomic E-state index is 0.610. The summed E-state index contributed by atoms with van der Waals surface area (Å²) in [6.45, 7) is 4.10. The van der Waals surface area contributed by atoms with E-state index in [1.165, 1.54) is 5.56 Å². The molecule has 0 unspecified atom stereocenters. The molecule has 0 aliphatic rings. The lowest BCUT2D eigenvalue weighted by molar-refractivity contribution is 0.415. The quantitative estimate of drug-likeness (QED) is 0.650. The molecule has 0 bridgehead atoms. The first kappa shape index (κ1) is 13.9. The summed E-state index contributed by atoms with van der Waals surface area (Å²) in [5.74, 6) is 0.686. The average molecular weight is 298 g/mol. The lowest BCUT2D eigenvalue weighted by Gasteiger charge is -2.11. The van der Waals surface area contributed by atoms with Crippen molar-refractivity contribution in [1.82, 2.24) is 4.98 Å². The molecule has 1 aromatic heterocycles. The van der Waals surface area contributed by atoms with Gasteiger partial charge in [0.05, 0.1) is 17.8 Å². The van der Waals surface area contributed by atoms with Crippen LogP contribution in [0.3, 0.4) is 0 Å². The largest absolute Gasteiger partial charge is 0.495 e. The first-order valence-corrected chi connectivity index (χ1v) is 7.19. The van der Waals surface area contributed by atoms with Crippen LogP contribution in [0.25, 0.3) is 22.0 Å². The smallest absolute Gasteiger partial charge is 0.138 e. The maximum absolute atomic E-state index is 6.20. The third kappa shape index (κ3) is 2.47. The van der Waals surface area contributed by atoms with E-state index in [1.54, 1.807) is 7.11 Å². The van der Waals surface area contributed by atoms with Crippen LogP contribution in [0.5, 0.6) is 5.75 Å². The highest BCUT2D eigenvalue weighted by Crippen LogP contribution is 2.33. The second-order valence-corrected chi connectivity index (χ2v) is 5.52. The van der Waals surface area contributed by atoms with Crippen LogP contribution in [0.4, 0.5) is 0 Å². The summed E-state index contributed by atoms with van der Waals surface area (Å²) in [6.07, 6.45) is 0. The molecule has 3 aromatic rings. The fraction of sp³-hybridized carbons (Fsp3) is 0.167. The van der Waals surface area contributed by atoms with E-state index >= 15 is 0 Å². The number of nitrogens with zero attached hydrogens (tertiary/aromatic N) is 1. The second-order valence-electron chi connectivity index (χ2n) is 5.12. The van der Waals surface area contributed by atoms with Gasteiger partial charge in [0.2, 0.25) is 0 Å². The minimum Gasteiger partial charge on any atom is -0.495 e. The molecule has 3 heteroatoms. The van der Waals surface area contributed by atoms with Crippen LogP contribution in [-0.4, -0.2) is 12.1 Å². The van der Waals surface area contributed by atoms with E-state index in [4.69, 9.17) is 21.3 Å². The number of fused-ring (bicyclic) bond motifs is 1. The number of aryl methyl sites for hydroxylation is 2. The Bertz CT molecular complexity index is 827. The molecule has 0 radical (unpaired) electrons. The number of aromatic nitrogens is 1. The molecule has 106 valence electrons. The molecule has 0 fully saturated rings. The first-order valence-electron chi connectivity index (χ1n) is 6.81. The number of methoxy groups -OCH3 is 1. The van der Waals surface area contributed by atoms with Crippen LogP contribution >= 0.6 is 11.6 Å². The topological polar surface area (TPSA) is 22.1 Å². The molecular weight excluding hydrogens is 282 g/mol. The van der Waals surface area contributed by atoms with E-state index in [0.29, 0.717) is 10.8 Å². The van der Waals surface area contributed by atoms with E-state index in [9.17, 15) is 0 Å². The number of pyridine rings is 1. The first-order chi connectivity index (χ1) is 10.1. The summed E-state index contributed by atoms with van der Waals surface area (Å²) in [7, 11) is 1.63. The average Bonchev–Trinajstić information content (AvgIpc) is 2.48. The Morgan fingerprint density at radius 3 is 2.52 bits per heavy atom. The fourth-order valence-electron chi connectivity index (χ4n) is 2.58. The Balaban J connectivity index is 2.28. The van der Waals surface area contributed by atoms with Gasteiger partial charge < -0.3 is 4.74 Å². The van der Waals surface area contributed by atoms with Crippen LogP contribution in [0.2, 0.25) is 5.02 Å². The molecule has 0 atom stereocenters. The predicted molar refractivity (Wildman–Crippen MR) is 88.2 cm³/mol. The number of benzene rings is 2. The molecule has 2 aromatic carbocycles. The molecule has 0 amide bonds. The van der Waals surface area contributed by atoms with E-state index in [1.807, 2.05) is 31.2 Å². The fourth-order valence-corrected chi connectivity index (χ4v) is 2.82. The van der Waals surface area contributed by atoms with E-state index in [2.05, 4.69) is 25.1 Å².